The van der Waals surface area contributed by atoms with Gasteiger partial charge in [-0.05, 0) is 53.8 Å². The topological polar surface area (TPSA) is 91.1 Å². The fraction of sp³-hybridized carbons (Fsp3) is 0.167. The molecule has 0 unspecified atom stereocenters. The number of rotatable bonds is 6. The third-order valence-electron chi connectivity index (χ3n) is 3.77. The van der Waals surface area contributed by atoms with E-state index >= 15 is 0 Å². The average Bonchev–Trinajstić information content (AvgIpc) is 3.01. The zero-order valence-electron chi connectivity index (χ0n) is 13.7. The second-order valence-electron chi connectivity index (χ2n) is 5.86. The Kier molecular flexibility index (Phi) is 4.76. The molecule has 1 heterocycles. The number of aromatic nitrogens is 1. The molecule has 25 heavy (non-hydrogen) atoms. The molecule has 0 atom stereocenters. The van der Waals surface area contributed by atoms with Crippen molar-refractivity contribution in [2.24, 2.45) is 0 Å². The zero-order chi connectivity index (χ0) is 17.9. The number of hydrogen-bond acceptors (Lipinski definition) is 3. The van der Waals surface area contributed by atoms with E-state index in [0.29, 0.717) is 17.8 Å². The fourth-order valence-corrected chi connectivity index (χ4v) is 3.14. The van der Waals surface area contributed by atoms with E-state index in [9.17, 15) is 13.2 Å². The highest BCUT2D eigenvalue weighted by Gasteiger charge is 2.07. The van der Waals surface area contributed by atoms with Crippen LogP contribution in [-0.4, -0.2) is 32.1 Å². The molecule has 0 aliphatic rings. The van der Waals surface area contributed by atoms with Gasteiger partial charge in [0, 0.05) is 29.5 Å². The van der Waals surface area contributed by atoms with Gasteiger partial charge in [-0.15, -0.1) is 0 Å². The summed E-state index contributed by atoms with van der Waals surface area (Å²) < 4.78 is 24.7. The summed E-state index contributed by atoms with van der Waals surface area (Å²) in [5, 5.41) is 4.03. The Morgan fingerprint density at radius 1 is 1.08 bits per heavy atom. The molecule has 0 spiro atoms. The van der Waals surface area contributed by atoms with Crippen LogP contribution in [0.2, 0.25) is 0 Å². The molecule has 130 valence electrons. The number of anilines is 1. The molecule has 3 N–H and O–H groups in total. The zero-order valence-corrected chi connectivity index (χ0v) is 14.6. The number of sulfonamides is 1. The first-order valence-corrected chi connectivity index (χ1v) is 9.72. The summed E-state index contributed by atoms with van der Waals surface area (Å²) in [7, 11) is -3.32. The first-order valence-electron chi connectivity index (χ1n) is 7.83. The number of carbonyl (C=O) groups excluding carboxylic acids is 1. The van der Waals surface area contributed by atoms with Crippen LogP contribution in [0.15, 0.2) is 54.7 Å². The van der Waals surface area contributed by atoms with Crippen LogP contribution in [0.1, 0.15) is 15.9 Å². The molecule has 0 aliphatic heterocycles. The Bertz CT molecular complexity index is 992. The van der Waals surface area contributed by atoms with Crippen molar-refractivity contribution in [3.63, 3.8) is 0 Å². The Labute approximate surface area is 146 Å². The molecular weight excluding hydrogens is 338 g/mol. The molecule has 1 amide bonds. The van der Waals surface area contributed by atoms with Crippen molar-refractivity contribution in [2.45, 2.75) is 6.42 Å². The second-order valence-corrected chi connectivity index (χ2v) is 7.61. The third kappa shape index (κ3) is 4.60. The monoisotopic (exact) mass is 357 g/mol. The summed E-state index contributed by atoms with van der Waals surface area (Å²) in [5.41, 5.74) is 3.14. The highest BCUT2D eigenvalue weighted by molar-refractivity contribution is 7.92. The van der Waals surface area contributed by atoms with Gasteiger partial charge >= 0.3 is 0 Å². The molecule has 0 aliphatic carbocycles. The minimum Gasteiger partial charge on any atom is -0.361 e. The lowest BCUT2D eigenvalue weighted by molar-refractivity contribution is 0.0954. The molecule has 3 aromatic rings. The lowest BCUT2D eigenvalue weighted by Crippen LogP contribution is -2.25. The maximum atomic E-state index is 12.1. The number of benzene rings is 2. The molecule has 7 heteroatoms. The molecule has 0 radical (unpaired) electrons. The molecule has 6 nitrogen and oxygen atoms in total. The molecule has 3 rings (SSSR count). The van der Waals surface area contributed by atoms with E-state index in [2.05, 4.69) is 27.2 Å². The summed E-state index contributed by atoms with van der Waals surface area (Å²) in [5.74, 6) is -0.188. The van der Waals surface area contributed by atoms with E-state index in [1.807, 2.05) is 18.3 Å². The van der Waals surface area contributed by atoms with Gasteiger partial charge in [0.05, 0.1) is 6.26 Å². The van der Waals surface area contributed by atoms with Crippen LogP contribution in [0.3, 0.4) is 0 Å². The maximum absolute atomic E-state index is 12.1. The number of H-pyrrole nitrogens is 1. The Hall–Kier alpha value is -2.80. The van der Waals surface area contributed by atoms with E-state index < -0.39 is 10.0 Å². The fourth-order valence-electron chi connectivity index (χ4n) is 2.58. The van der Waals surface area contributed by atoms with E-state index in [1.165, 1.54) is 0 Å². The van der Waals surface area contributed by atoms with Gasteiger partial charge in [0.2, 0.25) is 10.0 Å². The molecule has 0 saturated carbocycles. The average molecular weight is 357 g/mol. The lowest BCUT2D eigenvalue weighted by Gasteiger charge is -2.07. The van der Waals surface area contributed by atoms with Crippen molar-refractivity contribution in [1.29, 1.82) is 0 Å². The van der Waals surface area contributed by atoms with E-state index in [0.717, 1.165) is 29.1 Å². The van der Waals surface area contributed by atoms with Gasteiger partial charge in [-0.3, -0.25) is 9.52 Å². The smallest absolute Gasteiger partial charge is 0.251 e. The van der Waals surface area contributed by atoms with E-state index in [4.69, 9.17) is 0 Å². The van der Waals surface area contributed by atoms with Gasteiger partial charge in [0.15, 0.2) is 0 Å². The van der Waals surface area contributed by atoms with Crippen LogP contribution in [0, 0.1) is 0 Å². The van der Waals surface area contributed by atoms with E-state index in [-0.39, 0.29) is 5.91 Å². The Morgan fingerprint density at radius 2 is 1.84 bits per heavy atom. The summed E-state index contributed by atoms with van der Waals surface area (Å²) in [6.07, 6.45) is 3.71. The first kappa shape index (κ1) is 17.0. The van der Waals surface area contributed by atoms with Crippen molar-refractivity contribution in [3.8, 4) is 0 Å². The summed E-state index contributed by atoms with van der Waals surface area (Å²) in [4.78, 5) is 15.3. The maximum Gasteiger partial charge on any atom is 0.251 e. The van der Waals surface area contributed by atoms with Crippen molar-refractivity contribution in [2.75, 3.05) is 17.5 Å². The highest BCUT2D eigenvalue weighted by Crippen LogP contribution is 2.14. The number of hydrogen-bond donors (Lipinski definition) is 3. The predicted molar refractivity (Wildman–Crippen MR) is 99.2 cm³/mol. The van der Waals surface area contributed by atoms with Crippen LogP contribution >= 0.6 is 0 Å². The minimum atomic E-state index is -3.32. The van der Waals surface area contributed by atoms with Gasteiger partial charge in [-0.25, -0.2) is 8.42 Å². The third-order valence-corrected chi connectivity index (χ3v) is 4.38. The Morgan fingerprint density at radius 3 is 2.56 bits per heavy atom. The molecule has 0 saturated heterocycles. The summed E-state index contributed by atoms with van der Waals surface area (Å²) in [6.45, 7) is 0.522. The quantitative estimate of drug-likeness (QED) is 0.633. The van der Waals surface area contributed by atoms with Gasteiger partial charge in [-0.1, -0.05) is 12.1 Å². The highest BCUT2D eigenvalue weighted by atomic mass is 32.2. The van der Waals surface area contributed by atoms with Gasteiger partial charge in [-0.2, -0.15) is 0 Å². The number of nitrogens with one attached hydrogen (secondary N) is 3. The SMILES string of the molecule is CS(=O)(=O)Nc1ccc(C(=O)NCCc2ccc3cc[nH]c3c2)cc1. The largest absolute Gasteiger partial charge is 0.361 e. The number of carbonyl (C=O) groups is 1. The Balaban J connectivity index is 1.55. The normalized spacial score (nSPS) is 11.4. The molecule has 0 fully saturated rings. The van der Waals surface area contributed by atoms with E-state index in [1.54, 1.807) is 24.3 Å². The lowest BCUT2D eigenvalue weighted by atomic mass is 10.1. The molecule has 1 aromatic heterocycles. The standard InChI is InChI=1S/C18H19N3O3S/c1-25(23,24)21-16-6-4-15(5-7-16)18(22)20-10-8-13-2-3-14-9-11-19-17(14)12-13/h2-7,9,11-12,19,21H,8,10H2,1H3,(H,20,22). The van der Waals surface area contributed by atoms with Crippen LogP contribution in [0.25, 0.3) is 10.9 Å². The van der Waals surface area contributed by atoms with Crippen LogP contribution in [0.5, 0.6) is 0 Å². The first-order chi connectivity index (χ1) is 11.9. The van der Waals surface area contributed by atoms with Crippen LogP contribution in [0.4, 0.5) is 5.69 Å². The van der Waals surface area contributed by atoms with Crippen LogP contribution in [-0.2, 0) is 16.4 Å². The molecule has 2 aromatic carbocycles. The van der Waals surface area contributed by atoms with Gasteiger partial charge in [0.1, 0.15) is 0 Å². The molecular formula is C18H19N3O3S. The predicted octanol–water partition coefficient (Wildman–Crippen LogP) is 2.51. The second kappa shape index (κ2) is 6.98. The molecule has 0 bridgehead atoms. The van der Waals surface area contributed by atoms with Crippen LogP contribution < -0.4 is 10.0 Å². The van der Waals surface area contributed by atoms with Gasteiger partial charge < -0.3 is 10.3 Å². The van der Waals surface area contributed by atoms with Crippen molar-refractivity contribution < 1.29 is 13.2 Å². The number of fused-ring (bicyclic) bond motifs is 1. The number of aromatic amines is 1. The number of amides is 1. The summed E-state index contributed by atoms with van der Waals surface area (Å²) >= 11 is 0. The summed E-state index contributed by atoms with van der Waals surface area (Å²) in [6, 6.07) is 14.5. The van der Waals surface area contributed by atoms with Crippen molar-refractivity contribution >= 4 is 32.5 Å². The minimum absolute atomic E-state index is 0.188. The van der Waals surface area contributed by atoms with Gasteiger partial charge in [0.25, 0.3) is 5.91 Å². The van der Waals surface area contributed by atoms with Crippen molar-refractivity contribution in [3.05, 3.63) is 65.9 Å². The van der Waals surface area contributed by atoms with Crippen molar-refractivity contribution in [1.82, 2.24) is 10.3 Å².